The number of thiol groups is 1. The number of carbonyl (C=O) groups is 5. The van der Waals surface area contributed by atoms with Crippen molar-refractivity contribution in [2.24, 2.45) is 0 Å². The number of hydrogen-bond acceptors (Lipinski definition) is 13. The van der Waals surface area contributed by atoms with Gasteiger partial charge in [-0.3, -0.25) is 43.4 Å². The number of aromatic nitrogens is 2. The molecule has 7 rings (SSSR count). The number of nitrogens with one attached hydrogen (secondary N) is 4. The number of rotatable bonds is 15. The van der Waals surface area contributed by atoms with Crippen LogP contribution in [-0.4, -0.2) is 106 Å². The third-order valence-electron chi connectivity index (χ3n) is 10.4. The lowest BCUT2D eigenvalue weighted by Crippen LogP contribution is -2.54. The number of hydrogen-bond donors (Lipinski definition) is 5. The van der Waals surface area contributed by atoms with Crippen LogP contribution in [0.4, 0.5) is 40.2 Å². The van der Waals surface area contributed by atoms with Crippen LogP contribution >= 0.6 is 11.6 Å². The van der Waals surface area contributed by atoms with Gasteiger partial charge >= 0.3 is 0 Å². The van der Waals surface area contributed by atoms with Crippen LogP contribution in [0, 0.1) is 0 Å². The Hall–Kier alpha value is -6.11. The number of unbranched alkanes of at least 4 members (excludes halogenated alkanes) is 1. The van der Waals surface area contributed by atoms with E-state index in [2.05, 4.69) is 41.0 Å². The molecule has 59 heavy (non-hydrogen) atoms. The summed E-state index contributed by atoms with van der Waals surface area (Å²) in [6.07, 6.45) is 3.23. The number of nitrogens with zero attached hydrogens (tertiary/aromatic N) is 6. The van der Waals surface area contributed by atoms with Crippen LogP contribution in [0.15, 0.2) is 66.9 Å². The van der Waals surface area contributed by atoms with Crippen molar-refractivity contribution in [2.45, 2.75) is 38.1 Å². The lowest BCUT2D eigenvalue weighted by molar-refractivity contribution is -0.136. The Balaban J connectivity index is 0.877. The van der Waals surface area contributed by atoms with Crippen LogP contribution in [0.5, 0.6) is 5.75 Å². The van der Waals surface area contributed by atoms with Crippen molar-refractivity contribution in [2.75, 3.05) is 72.0 Å². The van der Waals surface area contributed by atoms with Gasteiger partial charge in [0.05, 0.1) is 47.2 Å². The van der Waals surface area contributed by atoms with E-state index in [9.17, 15) is 28.2 Å². The highest BCUT2D eigenvalue weighted by molar-refractivity contribution is 7.67. The van der Waals surface area contributed by atoms with Gasteiger partial charge in [-0.05, 0) is 62.2 Å². The maximum atomic E-state index is 13.3. The second-order valence-corrected chi connectivity index (χ2v) is 15.3. The zero-order valence-corrected chi connectivity index (χ0v) is 34.0. The van der Waals surface area contributed by atoms with E-state index in [4.69, 9.17) is 16.3 Å². The molecule has 1 atom stereocenters. The van der Waals surface area contributed by atoms with Gasteiger partial charge in [0.1, 0.15) is 28.7 Å². The van der Waals surface area contributed by atoms with E-state index in [1.165, 1.54) is 12.3 Å². The molecule has 17 nitrogen and oxygen atoms in total. The Morgan fingerprint density at radius 3 is 2.51 bits per heavy atom. The summed E-state index contributed by atoms with van der Waals surface area (Å²) < 4.78 is 18.8. The molecule has 5 amide bonds. The van der Waals surface area contributed by atoms with Crippen molar-refractivity contribution in [3.05, 3.63) is 83.0 Å². The summed E-state index contributed by atoms with van der Waals surface area (Å²) >= 11 is 6.28. The monoisotopic (exact) mass is 842 g/mol. The summed E-state index contributed by atoms with van der Waals surface area (Å²) in [4.78, 5) is 77.9. The molecule has 3 aliphatic heterocycles. The number of methoxy groups -OCH3 is 1. The molecule has 0 bridgehead atoms. The number of piperazine rings is 1. The van der Waals surface area contributed by atoms with E-state index in [1.54, 1.807) is 30.6 Å². The van der Waals surface area contributed by atoms with Crippen molar-refractivity contribution in [3.63, 3.8) is 0 Å². The smallest absolute Gasteiger partial charge is 0.264 e. The highest BCUT2D eigenvalue weighted by Gasteiger charge is 2.45. The number of imide groups is 2. The number of piperidine rings is 1. The molecule has 0 aliphatic carbocycles. The molecule has 3 aromatic carbocycles. The van der Waals surface area contributed by atoms with Gasteiger partial charge in [0, 0.05) is 57.8 Å². The van der Waals surface area contributed by atoms with Crippen LogP contribution in [0.3, 0.4) is 0 Å². The first-order valence-electron chi connectivity index (χ1n) is 19.1. The number of halogens is 1. The van der Waals surface area contributed by atoms with Gasteiger partial charge in [-0.25, -0.2) is 9.19 Å². The summed E-state index contributed by atoms with van der Waals surface area (Å²) in [6.45, 7) is 4.10. The number of benzene rings is 3. The van der Waals surface area contributed by atoms with Crippen molar-refractivity contribution in [1.29, 1.82) is 0 Å². The number of para-hydroxylation sites is 2. The second-order valence-electron chi connectivity index (χ2n) is 14.2. The van der Waals surface area contributed by atoms with Gasteiger partial charge in [0.25, 0.3) is 11.8 Å². The van der Waals surface area contributed by atoms with E-state index >= 15 is 0 Å². The van der Waals surface area contributed by atoms with E-state index in [0.717, 1.165) is 49.7 Å². The number of anilines is 7. The fourth-order valence-corrected chi connectivity index (χ4v) is 7.73. The number of ether oxygens (including phenoxy) is 1. The third kappa shape index (κ3) is 9.14. The van der Waals surface area contributed by atoms with E-state index in [-0.39, 0.29) is 53.8 Å². The van der Waals surface area contributed by atoms with Gasteiger partial charge < -0.3 is 25.6 Å². The van der Waals surface area contributed by atoms with E-state index < -0.39 is 29.7 Å². The van der Waals surface area contributed by atoms with Crippen LogP contribution in [0.25, 0.3) is 0 Å². The van der Waals surface area contributed by atoms with Gasteiger partial charge in [-0.15, -0.1) is 0 Å². The zero-order valence-electron chi connectivity index (χ0n) is 32.4. The first-order valence-corrected chi connectivity index (χ1v) is 20.2. The Morgan fingerprint density at radius 2 is 1.75 bits per heavy atom. The topological polar surface area (TPSA) is 199 Å². The average Bonchev–Trinajstić information content (AvgIpc) is 3.50. The maximum absolute atomic E-state index is 13.3. The normalized spacial score (nSPS) is 16.8. The predicted molar refractivity (Wildman–Crippen MR) is 225 cm³/mol. The molecule has 0 radical (unpaired) electrons. The third-order valence-corrected chi connectivity index (χ3v) is 11.1. The zero-order chi connectivity index (χ0) is 41.6. The summed E-state index contributed by atoms with van der Waals surface area (Å²) in [6, 6.07) is 16.8. The first kappa shape index (κ1) is 41.1. The van der Waals surface area contributed by atoms with Crippen LogP contribution < -0.4 is 35.2 Å². The van der Waals surface area contributed by atoms with E-state index in [0.29, 0.717) is 46.0 Å². The fraction of sp³-hybridized carbons (Fsp3) is 0.325. The molecular weight excluding hydrogens is 800 g/mol. The number of amides is 5. The fourth-order valence-electron chi connectivity index (χ4n) is 7.33. The molecule has 4 aromatic rings. The van der Waals surface area contributed by atoms with Crippen molar-refractivity contribution in [3.8, 4) is 5.75 Å². The molecule has 308 valence electrons. The highest BCUT2D eigenvalue weighted by Crippen LogP contribution is 2.35. The Bertz CT molecular complexity index is 2310. The number of fused-ring (bicyclic) bond motifs is 1. The molecule has 1 unspecified atom stereocenters. The van der Waals surface area contributed by atoms with Crippen molar-refractivity contribution in [1.82, 2.24) is 25.1 Å². The summed E-state index contributed by atoms with van der Waals surface area (Å²) in [5, 5.41) is 11.7. The average molecular weight is 843 g/mol. The van der Waals surface area contributed by atoms with Crippen LogP contribution in [0.1, 0.15) is 52.8 Å². The molecule has 2 saturated heterocycles. The lowest BCUT2D eigenvalue weighted by Gasteiger charge is -2.36. The summed E-state index contributed by atoms with van der Waals surface area (Å²) in [5.41, 5.74) is 3.44. The standard InChI is InChI=1S/C40H43ClN10O7S/c1-48(59-57)30-11-4-3-9-27(30)44-36-26(41)23-42-40(47-36)45-28-14-13-24(22-32(28)58-2)50-20-18-49(19-21-50)17-6-5-12-33(52)43-29-10-7-8-25-35(29)39(56)51(38(25)55)31-15-16-34(53)46-37(31)54/h3-4,7-11,13-14,22-23,31,59H,5-6,12,15-21H2,1-2H3,(H,43,52)(H,46,53,54)(H2,42,44,45,47). The second kappa shape index (κ2) is 18.2. The summed E-state index contributed by atoms with van der Waals surface area (Å²) in [7, 11) is 3.30. The Morgan fingerprint density at radius 1 is 0.966 bits per heavy atom. The molecular formula is C40H43ClN10O7S. The van der Waals surface area contributed by atoms with Crippen LogP contribution in [-0.2, 0) is 26.2 Å². The maximum Gasteiger partial charge on any atom is 0.264 e. The van der Waals surface area contributed by atoms with Crippen LogP contribution in [0.2, 0.25) is 5.02 Å². The van der Waals surface area contributed by atoms with Crippen molar-refractivity contribution < 1.29 is 32.9 Å². The molecule has 4 N–H and O–H groups in total. The van der Waals surface area contributed by atoms with Crippen molar-refractivity contribution >= 4 is 93.2 Å². The largest absolute Gasteiger partial charge is 0.494 e. The molecule has 1 aromatic heterocycles. The predicted octanol–water partition coefficient (Wildman–Crippen LogP) is 4.25. The first-order chi connectivity index (χ1) is 28.5. The summed E-state index contributed by atoms with van der Waals surface area (Å²) in [5.74, 6) is -1.42. The van der Waals surface area contributed by atoms with Gasteiger partial charge in [0.2, 0.25) is 23.7 Å². The molecule has 3 aliphatic rings. The van der Waals surface area contributed by atoms with Gasteiger partial charge in [-0.2, -0.15) is 4.98 Å². The molecule has 19 heteroatoms. The van der Waals surface area contributed by atoms with Gasteiger partial charge in [-0.1, -0.05) is 29.8 Å². The quantitative estimate of drug-likeness (QED) is 0.0648. The lowest BCUT2D eigenvalue weighted by atomic mass is 10.0. The Labute approximate surface area is 349 Å². The van der Waals surface area contributed by atoms with E-state index in [1.807, 2.05) is 42.5 Å². The molecule has 0 saturated carbocycles. The minimum absolute atomic E-state index is 0.0239. The minimum atomic E-state index is -1.08. The molecule has 4 heterocycles. The number of carbonyl (C=O) groups excluding carboxylic acids is 5. The molecule has 2 fully saturated rings. The molecule has 0 spiro atoms. The SMILES string of the molecule is COc1cc(N2CCN(CCCCC(=O)Nc3cccc4c3C(=O)N(C3CCC(=O)NC3=O)C4=O)CC2)ccc1Nc1ncc(Cl)c(Nc2ccccc2N(C)[SH]=O)n1. The van der Waals surface area contributed by atoms with Gasteiger partial charge in [0.15, 0.2) is 5.82 Å². The minimum Gasteiger partial charge on any atom is -0.494 e. The Kier molecular flexibility index (Phi) is 12.7. The highest BCUT2D eigenvalue weighted by atomic mass is 35.5.